The van der Waals surface area contributed by atoms with Crippen LogP contribution < -0.4 is 0 Å². The molecule has 3 heteroatoms. The van der Waals surface area contributed by atoms with E-state index in [1.54, 1.807) is 0 Å². The Labute approximate surface area is 114 Å². The van der Waals surface area contributed by atoms with Gasteiger partial charge in [0.15, 0.2) is 5.75 Å². The maximum Gasteiger partial charge on any atom is 0.164 e. The Morgan fingerprint density at radius 2 is 1.84 bits per heavy atom. The predicted molar refractivity (Wildman–Crippen MR) is 78.4 cm³/mol. The largest absolute Gasteiger partial charge is 0.504 e. The van der Waals surface area contributed by atoms with Crippen LogP contribution in [0, 0.1) is 6.92 Å². The zero-order chi connectivity index (χ0) is 13.8. The van der Waals surface area contributed by atoms with E-state index in [9.17, 15) is 5.11 Å². The molecule has 102 valence electrons. The summed E-state index contributed by atoms with van der Waals surface area (Å²) in [6.45, 7) is 7.15. The second kappa shape index (κ2) is 5.91. The van der Waals surface area contributed by atoms with Crippen molar-refractivity contribution in [3.05, 3.63) is 35.5 Å². The van der Waals surface area contributed by atoms with E-state index < -0.39 is 0 Å². The van der Waals surface area contributed by atoms with Crippen molar-refractivity contribution in [3.8, 4) is 17.0 Å². The van der Waals surface area contributed by atoms with Crippen molar-refractivity contribution in [2.45, 2.75) is 46.6 Å². The minimum Gasteiger partial charge on any atom is -0.504 e. The van der Waals surface area contributed by atoms with Crippen molar-refractivity contribution >= 4 is 0 Å². The topological polar surface area (TPSA) is 38.0 Å². The van der Waals surface area contributed by atoms with Crippen molar-refractivity contribution in [2.24, 2.45) is 0 Å². The Balaban J connectivity index is 2.40. The number of hydrogen-bond donors (Lipinski definition) is 1. The maximum absolute atomic E-state index is 10.3. The molecule has 0 spiro atoms. The van der Waals surface area contributed by atoms with Crippen LogP contribution in [0.4, 0.5) is 0 Å². The molecule has 19 heavy (non-hydrogen) atoms. The lowest BCUT2D eigenvalue weighted by atomic mass is 10.1. The van der Waals surface area contributed by atoms with E-state index in [0.717, 1.165) is 37.1 Å². The van der Waals surface area contributed by atoms with Gasteiger partial charge in [0.05, 0.1) is 5.69 Å². The smallest absolute Gasteiger partial charge is 0.164 e. The third kappa shape index (κ3) is 2.80. The maximum atomic E-state index is 10.3. The summed E-state index contributed by atoms with van der Waals surface area (Å²) in [5.74, 6) is 0.336. The van der Waals surface area contributed by atoms with Crippen LogP contribution in [0.15, 0.2) is 24.3 Å². The molecule has 0 aliphatic rings. The molecule has 0 saturated heterocycles. The minimum absolute atomic E-state index is 0.336. The Hall–Kier alpha value is -1.77. The summed E-state index contributed by atoms with van der Waals surface area (Å²) in [4.78, 5) is 0. The van der Waals surface area contributed by atoms with Crippen molar-refractivity contribution in [1.29, 1.82) is 0 Å². The molecule has 0 atom stereocenters. The molecule has 3 nitrogen and oxygen atoms in total. The molecule has 0 aliphatic carbocycles. The number of aromatic nitrogens is 2. The molecular weight excluding hydrogens is 236 g/mol. The molecule has 0 unspecified atom stereocenters. The third-order valence-electron chi connectivity index (χ3n) is 3.41. The zero-order valence-corrected chi connectivity index (χ0v) is 12.0. The fourth-order valence-corrected chi connectivity index (χ4v) is 2.24. The molecule has 0 saturated carbocycles. The Morgan fingerprint density at radius 3 is 2.42 bits per heavy atom. The van der Waals surface area contributed by atoms with Gasteiger partial charge < -0.3 is 5.11 Å². The molecule has 0 amide bonds. The van der Waals surface area contributed by atoms with Crippen molar-refractivity contribution < 1.29 is 5.11 Å². The van der Waals surface area contributed by atoms with Crippen LogP contribution in [0.2, 0.25) is 0 Å². The van der Waals surface area contributed by atoms with Crippen LogP contribution >= 0.6 is 0 Å². The molecule has 1 N–H and O–H groups in total. The van der Waals surface area contributed by atoms with Gasteiger partial charge in [0, 0.05) is 12.1 Å². The summed E-state index contributed by atoms with van der Waals surface area (Å²) in [7, 11) is 0. The van der Waals surface area contributed by atoms with Gasteiger partial charge in [-0.2, -0.15) is 5.10 Å². The van der Waals surface area contributed by atoms with Gasteiger partial charge in [-0.05, 0) is 19.8 Å². The number of rotatable bonds is 5. The number of benzene rings is 1. The van der Waals surface area contributed by atoms with Gasteiger partial charge in [0.1, 0.15) is 5.69 Å². The fraction of sp³-hybridized carbons (Fsp3) is 0.438. The average Bonchev–Trinajstić information content (AvgIpc) is 2.73. The number of nitrogens with zero attached hydrogens (tertiary/aromatic N) is 2. The first-order valence-electron chi connectivity index (χ1n) is 7.03. The standard InChI is InChI=1S/C16H22N2O/c1-4-6-11-18-14(5-2)16(19)15(17-18)13-9-7-12(3)8-10-13/h7-10,19H,4-6,11H2,1-3H3. The summed E-state index contributed by atoms with van der Waals surface area (Å²) >= 11 is 0. The summed E-state index contributed by atoms with van der Waals surface area (Å²) in [6.07, 6.45) is 3.01. The van der Waals surface area contributed by atoms with E-state index in [2.05, 4.69) is 25.9 Å². The van der Waals surface area contributed by atoms with E-state index in [-0.39, 0.29) is 0 Å². The van der Waals surface area contributed by atoms with Crippen molar-refractivity contribution in [3.63, 3.8) is 0 Å². The second-order valence-corrected chi connectivity index (χ2v) is 4.94. The lowest BCUT2D eigenvalue weighted by Gasteiger charge is -2.03. The average molecular weight is 258 g/mol. The van der Waals surface area contributed by atoms with E-state index in [4.69, 9.17) is 0 Å². The highest BCUT2D eigenvalue weighted by Crippen LogP contribution is 2.32. The van der Waals surface area contributed by atoms with Gasteiger partial charge in [-0.25, -0.2) is 0 Å². The quantitative estimate of drug-likeness (QED) is 0.882. The van der Waals surface area contributed by atoms with Crippen LogP contribution in [0.25, 0.3) is 11.3 Å². The summed E-state index contributed by atoms with van der Waals surface area (Å²) < 4.78 is 1.95. The number of unbranched alkanes of at least 4 members (excludes halogenated alkanes) is 1. The lowest BCUT2D eigenvalue weighted by molar-refractivity contribution is 0.463. The predicted octanol–water partition coefficient (Wildman–Crippen LogP) is 3.93. The van der Waals surface area contributed by atoms with Gasteiger partial charge in [0.2, 0.25) is 0 Å². The number of hydrogen-bond acceptors (Lipinski definition) is 2. The van der Waals surface area contributed by atoms with Gasteiger partial charge in [-0.15, -0.1) is 0 Å². The van der Waals surface area contributed by atoms with Gasteiger partial charge in [0.25, 0.3) is 0 Å². The lowest BCUT2D eigenvalue weighted by Crippen LogP contribution is -2.04. The Morgan fingerprint density at radius 1 is 1.16 bits per heavy atom. The molecule has 1 aromatic carbocycles. The molecule has 0 fully saturated rings. The van der Waals surface area contributed by atoms with E-state index in [1.165, 1.54) is 5.56 Å². The van der Waals surface area contributed by atoms with Gasteiger partial charge >= 0.3 is 0 Å². The first-order valence-corrected chi connectivity index (χ1v) is 7.03. The second-order valence-electron chi connectivity index (χ2n) is 4.94. The van der Waals surface area contributed by atoms with Gasteiger partial charge in [-0.1, -0.05) is 50.1 Å². The molecule has 2 aromatic rings. The fourth-order valence-electron chi connectivity index (χ4n) is 2.24. The molecular formula is C16H22N2O. The van der Waals surface area contributed by atoms with Crippen LogP contribution in [0.1, 0.15) is 37.9 Å². The van der Waals surface area contributed by atoms with Gasteiger partial charge in [-0.3, -0.25) is 4.68 Å². The molecule has 2 rings (SSSR count). The van der Waals surface area contributed by atoms with E-state index in [0.29, 0.717) is 11.4 Å². The molecule has 1 heterocycles. The molecule has 0 radical (unpaired) electrons. The number of aromatic hydroxyl groups is 1. The minimum atomic E-state index is 0.336. The Bertz CT molecular complexity index is 541. The Kier molecular flexibility index (Phi) is 4.25. The first-order chi connectivity index (χ1) is 9.17. The molecule has 0 aliphatic heterocycles. The molecule has 0 bridgehead atoms. The highest BCUT2D eigenvalue weighted by Gasteiger charge is 2.16. The summed E-state index contributed by atoms with van der Waals surface area (Å²) in [6, 6.07) is 8.12. The number of aryl methyl sites for hydroxylation is 2. The monoisotopic (exact) mass is 258 g/mol. The first kappa shape index (κ1) is 13.7. The van der Waals surface area contributed by atoms with E-state index in [1.807, 2.05) is 28.9 Å². The van der Waals surface area contributed by atoms with E-state index >= 15 is 0 Å². The summed E-state index contributed by atoms with van der Waals surface area (Å²) in [5.41, 5.74) is 3.83. The van der Waals surface area contributed by atoms with Crippen LogP contribution in [0.3, 0.4) is 0 Å². The van der Waals surface area contributed by atoms with Crippen molar-refractivity contribution in [1.82, 2.24) is 9.78 Å². The summed E-state index contributed by atoms with van der Waals surface area (Å²) in [5, 5.41) is 14.9. The van der Waals surface area contributed by atoms with Crippen LogP contribution in [-0.4, -0.2) is 14.9 Å². The normalized spacial score (nSPS) is 10.9. The van der Waals surface area contributed by atoms with Crippen LogP contribution in [0.5, 0.6) is 5.75 Å². The zero-order valence-electron chi connectivity index (χ0n) is 12.0. The third-order valence-corrected chi connectivity index (χ3v) is 3.41. The van der Waals surface area contributed by atoms with Crippen LogP contribution in [-0.2, 0) is 13.0 Å². The SMILES string of the molecule is CCCCn1nc(-c2ccc(C)cc2)c(O)c1CC. The molecule has 1 aromatic heterocycles. The van der Waals surface area contributed by atoms with Crippen molar-refractivity contribution in [2.75, 3.05) is 0 Å². The highest BCUT2D eigenvalue weighted by atomic mass is 16.3. The highest BCUT2D eigenvalue weighted by molar-refractivity contribution is 5.67.